The van der Waals surface area contributed by atoms with E-state index in [1.807, 2.05) is 19.9 Å². The smallest absolute Gasteiger partial charge is 0.414 e. The number of rotatable bonds is 3. The molecule has 2 aliphatic rings. The molecule has 0 bridgehead atoms. The van der Waals surface area contributed by atoms with Crippen LogP contribution in [-0.4, -0.2) is 60.7 Å². The third kappa shape index (κ3) is 4.04. The number of aryl methyl sites for hydroxylation is 2. The van der Waals surface area contributed by atoms with Crippen molar-refractivity contribution in [2.45, 2.75) is 26.9 Å². The molecule has 4 rings (SSSR count). The zero-order valence-corrected chi connectivity index (χ0v) is 17.7. The molecule has 0 spiro atoms. The van der Waals surface area contributed by atoms with Crippen LogP contribution in [0.1, 0.15) is 28.4 Å². The number of ether oxygens (including phenoxy) is 1. The van der Waals surface area contributed by atoms with Crippen molar-refractivity contribution >= 4 is 23.5 Å². The number of hydrogen-bond donors (Lipinski definition) is 0. The van der Waals surface area contributed by atoms with Crippen LogP contribution in [-0.2, 0) is 4.74 Å². The maximum absolute atomic E-state index is 14.7. The molecule has 2 saturated heterocycles. The van der Waals surface area contributed by atoms with Gasteiger partial charge in [0.2, 0.25) is 0 Å². The van der Waals surface area contributed by atoms with Gasteiger partial charge in [-0.3, -0.25) is 9.69 Å². The lowest BCUT2D eigenvalue weighted by molar-refractivity contribution is 0.0736. The molecular weight excluding hydrogens is 406 g/mol. The quantitative estimate of drug-likeness (QED) is 0.748. The molecule has 1 atom stereocenters. The summed E-state index contributed by atoms with van der Waals surface area (Å²) in [4.78, 5) is 33.8. The largest absolute Gasteiger partial charge is 0.444 e. The summed E-state index contributed by atoms with van der Waals surface area (Å²) in [6.07, 6.45) is 0.757. The van der Waals surface area contributed by atoms with E-state index in [1.165, 1.54) is 4.90 Å². The van der Waals surface area contributed by atoms with Crippen LogP contribution in [0.4, 0.5) is 25.1 Å². The maximum Gasteiger partial charge on any atom is 0.414 e. The molecule has 164 valence electrons. The average Bonchev–Trinajstić information content (AvgIpc) is 3.05. The summed E-state index contributed by atoms with van der Waals surface area (Å²) in [7, 11) is 0. The number of piperazine rings is 1. The molecule has 7 nitrogen and oxygen atoms in total. The number of aromatic nitrogens is 1. The molecule has 0 N–H and O–H groups in total. The third-order valence-electron chi connectivity index (χ3n) is 5.57. The Labute approximate surface area is 179 Å². The highest BCUT2D eigenvalue weighted by molar-refractivity contribution is 5.96. The number of anilines is 2. The predicted molar refractivity (Wildman–Crippen MR) is 111 cm³/mol. The molecule has 2 amide bonds. The Balaban J connectivity index is 1.48. The number of carbonyl (C=O) groups is 2. The summed E-state index contributed by atoms with van der Waals surface area (Å²) in [5, 5.41) is 0. The van der Waals surface area contributed by atoms with Gasteiger partial charge in [-0.2, -0.15) is 0 Å². The molecule has 1 aromatic carbocycles. The van der Waals surface area contributed by atoms with Gasteiger partial charge < -0.3 is 14.5 Å². The van der Waals surface area contributed by atoms with E-state index in [-0.39, 0.29) is 18.3 Å². The number of hydrogen-bond acceptors (Lipinski definition) is 5. The van der Waals surface area contributed by atoms with Crippen LogP contribution in [0, 0.1) is 25.5 Å². The summed E-state index contributed by atoms with van der Waals surface area (Å²) in [6.45, 7) is 7.52. The molecule has 2 fully saturated rings. The first-order chi connectivity index (χ1) is 14.7. The molecule has 0 saturated carbocycles. The normalized spacial score (nSPS) is 19.1. The number of benzene rings is 1. The van der Waals surface area contributed by atoms with Crippen molar-refractivity contribution in [2.24, 2.45) is 0 Å². The number of amides is 2. The molecule has 9 heteroatoms. The number of cyclic esters (lactones) is 1. The van der Waals surface area contributed by atoms with E-state index in [1.54, 1.807) is 13.1 Å². The van der Waals surface area contributed by atoms with E-state index in [4.69, 9.17) is 4.74 Å². The van der Waals surface area contributed by atoms with Crippen LogP contribution in [0.15, 0.2) is 24.4 Å². The highest BCUT2D eigenvalue weighted by Crippen LogP contribution is 2.27. The standard InChI is InChI=1S/C22H24F2N4O3/c1-13-8-14(2)20(25-11-13)26-4-6-27(7-5-26)21(29)19-17(23)9-16(10-18(19)24)28-12-15(3)31-22(28)30/h8-11,15H,4-7,12H2,1-3H3/t15-/m0/s1. The highest BCUT2D eigenvalue weighted by Gasteiger charge is 2.33. The molecule has 31 heavy (non-hydrogen) atoms. The van der Waals surface area contributed by atoms with Crippen molar-refractivity contribution < 1.29 is 23.1 Å². The minimum atomic E-state index is -0.995. The minimum Gasteiger partial charge on any atom is -0.444 e. The third-order valence-corrected chi connectivity index (χ3v) is 5.57. The number of carbonyl (C=O) groups excluding carboxylic acids is 2. The van der Waals surface area contributed by atoms with Crippen molar-refractivity contribution in [1.82, 2.24) is 9.88 Å². The molecule has 2 aromatic rings. The fourth-order valence-corrected chi connectivity index (χ4v) is 4.05. The van der Waals surface area contributed by atoms with Crippen molar-refractivity contribution in [3.8, 4) is 0 Å². The first kappa shape index (κ1) is 21.0. The average molecular weight is 430 g/mol. The van der Waals surface area contributed by atoms with Gasteiger partial charge in [-0.15, -0.1) is 0 Å². The first-order valence-electron chi connectivity index (χ1n) is 10.2. The zero-order valence-electron chi connectivity index (χ0n) is 17.7. The van der Waals surface area contributed by atoms with Crippen molar-refractivity contribution in [3.05, 3.63) is 52.7 Å². The van der Waals surface area contributed by atoms with E-state index in [0.29, 0.717) is 26.2 Å². The van der Waals surface area contributed by atoms with Crippen LogP contribution >= 0.6 is 0 Å². The van der Waals surface area contributed by atoms with Gasteiger partial charge in [0.05, 0.1) is 12.2 Å². The Morgan fingerprint density at radius 3 is 2.29 bits per heavy atom. The van der Waals surface area contributed by atoms with Gasteiger partial charge in [-0.25, -0.2) is 18.6 Å². The second-order valence-electron chi connectivity index (χ2n) is 8.02. The maximum atomic E-state index is 14.7. The number of pyridine rings is 1. The monoisotopic (exact) mass is 430 g/mol. The van der Waals surface area contributed by atoms with Crippen LogP contribution in [0.25, 0.3) is 0 Å². The van der Waals surface area contributed by atoms with Crippen molar-refractivity contribution in [1.29, 1.82) is 0 Å². The van der Waals surface area contributed by atoms with Gasteiger partial charge in [-0.1, -0.05) is 6.07 Å². The van der Waals surface area contributed by atoms with Gasteiger partial charge >= 0.3 is 6.09 Å². The molecule has 3 heterocycles. The van der Waals surface area contributed by atoms with Crippen molar-refractivity contribution in [2.75, 3.05) is 42.5 Å². The fourth-order valence-electron chi connectivity index (χ4n) is 4.05. The Bertz CT molecular complexity index is 1010. The van der Waals surface area contributed by atoms with E-state index in [9.17, 15) is 18.4 Å². The van der Waals surface area contributed by atoms with Crippen LogP contribution in [0.3, 0.4) is 0 Å². The topological polar surface area (TPSA) is 66.0 Å². The number of nitrogens with zero attached hydrogens (tertiary/aromatic N) is 4. The summed E-state index contributed by atoms with van der Waals surface area (Å²) >= 11 is 0. The van der Waals surface area contributed by atoms with Gasteiger partial charge in [-0.05, 0) is 44.0 Å². The number of halogens is 2. The van der Waals surface area contributed by atoms with E-state index in [2.05, 4.69) is 9.88 Å². The minimum absolute atomic E-state index is 0.0339. The van der Waals surface area contributed by atoms with Gasteiger partial charge in [0, 0.05) is 32.4 Å². The van der Waals surface area contributed by atoms with Crippen LogP contribution in [0.2, 0.25) is 0 Å². The van der Waals surface area contributed by atoms with E-state index >= 15 is 0 Å². The lowest BCUT2D eigenvalue weighted by Gasteiger charge is -2.36. The van der Waals surface area contributed by atoms with Crippen LogP contribution < -0.4 is 9.80 Å². The van der Waals surface area contributed by atoms with Gasteiger partial charge in [0.25, 0.3) is 5.91 Å². The first-order valence-corrected chi connectivity index (χ1v) is 10.2. The highest BCUT2D eigenvalue weighted by atomic mass is 19.1. The Hall–Kier alpha value is -3.23. The molecule has 0 radical (unpaired) electrons. The molecule has 0 aliphatic carbocycles. The molecule has 1 aromatic heterocycles. The van der Waals surface area contributed by atoms with Gasteiger partial charge in [0.15, 0.2) is 0 Å². The fraction of sp³-hybridized carbons (Fsp3) is 0.409. The predicted octanol–water partition coefficient (Wildman–Crippen LogP) is 3.28. The lowest BCUT2D eigenvalue weighted by atomic mass is 10.1. The van der Waals surface area contributed by atoms with Crippen molar-refractivity contribution in [3.63, 3.8) is 0 Å². The summed E-state index contributed by atoms with van der Waals surface area (Å²) in [6, 6.07) is 4.06. The van der Waals surface area contributed by atoms with E-state index in [0.717, 1.165) is 34.0 Å². The SMILES string of the molecule is Cc1cnc(N2CCN(C(=O)c3c(F)cc(N4C[C@H](C)OC4=O)cc3F)CC2)c(C)c1. The second-order valence-corrected chi connectivity index (χ2v) is 8.02. The van der Waals surface area contributed by atoms with Crippen LogP contribution in [0.5, 0.6) is 0 Å². The molecule has 2 aliphatic heterocycles. The van der Waals surface area contributed by atoms with Gasteiger partial charge in [0.1, 0.15) is 29.1 Å². The second kappa shape index (κ2) is 8.13. The summed E-state index contributed by atoms with van der Waals surface area (Å²) in [5.41, 5.74) is 1.54. The summed E-state index contributed by atoms with van der Waals surface area (Å²) in [5.74, 6) is -1.84. The Morgan fingerprint density at radius 2 is 1.74 bits per heavy atom. The zero-order chi connectivity index (χ0) is 22.3. The Kier molecular flexibility index (Phi) is 5.51. The lowest BCUT2D eigenvalue weighted by Crippen LogP contribution is -2.49. The molecular formula is C22H24F2N4O3. The molecule has 0 unspecified atom stereocenters. The Morgan fingerprint density at radius 1 is 1.10 bits per heavy atom. The summed E-state index contributed by atoms with van der Waals surface area (Å²) < 4.78 is 34.5. The van der Waals surface area contributed by atoms with E-state index < -0.39 is 29.2 Å².